The van der Waals surface area contributed by atoms with E-state index in [1.54, 1.807) is 0 Å². The van der Waals surface area contributed by atoms with Crippen molar-refractivity contribution in [2.45, 2.75) is 30.1 Å². The van der Waals surface area contributed by atoms with E-state index < -0.39 is 26.8 Å². The topological polar surface area (TPSA) is 92.7 Å². The van der Waals surface area contributed by atoms with Gasteiger partial charge in [-0.3, -0.25) is 4.79 Å². The smallest absolute Gasteiger partial charge is 0.327 e. The maximum atomic E-state index is 11.6. The summed E-state index contributed by atoms with van der Waals surface area (Å²) in [6.07, 6.45) is 1.42. The van der Waals surface area contributed by atoms with Crippen molar-refractivity contribution in [3.8, 4) is 0 Å². The van der Waals surface area contributed by atoms with Gasteiger partial charge in [0.2, 0.25) is 10.0 Å². The molecule has 2 N–H and O–H groups in total. The van der Waals surface area contributed by atoms with Gasteiger partial charge in [0.05, 0.1) is 11.9 Å². The van der Waals surface area contributed by atoms with Crippen LogP contribution >= 0.6 is 0 Å². The van der Waals surface area contributed by atoms with Gasteiger partial charge in [-0.1, -0.05) is 0 Å². The fraction of sp³-hybridized carbons (Fsp3) is 0.875. The number of ether oxygens (including phenoxy) is 1. The molecular weight excluding hydrogens is 222 g/mol. The number of nitrogens with one attached hydrogen (secondary N) is 1. The van der Waals surface area contributed by atoms with Gasteiger partial charge in [-0.25, -0.2) is 8.42 Å². The molecule has 7 heteroatoms. The summed E-state index contributed by atoms with van der Waals surface area (Å²) in [5.74, 6) is -1.16. The maximum absolute atomic E-state index is 11.6. The number of sulfonamides is 1. The number of rotatable bonds is 4. The summed E-state index contributed by atoms with van der Waals surface area (Å²) in [6.45, 7) is 0.188. The Bertz CT molecular complexity index is 366. The highest BCUT2D eigenvalue weighted by Crippen LogP contribution is 2.30. The summed E-state index contributed by atoms with van der Waals surface area (Å²) in [5.41, 5.74) is -1.44. The number of hydrogen-bond acceptors (Lipinski definition) is 4. The van der Waals surface area contributed by atoms with Crippen LogP contribution < -0.4 is 4.72 Å². The fourth-order valence-electron chi connectivity index (χ4n) is 1.59. The molecule has 0 aromatic carbocycles. The predicted molar refractivity (Wildman–Crippen MR) is 50.9 cm³/mol. The van der Waals surface area contributed by atoms with Crippen LogP contribution in [0.5, 0.6) is 0 Å². The second-order valence-corrected chi connectivity index (χ2v) is 6.00. The monoisotopic (exact) mass is 235 g/mol. The van der Waals surface area contributed by atoms with E-state index in [0.29, 0.717) is 12.8 Å². The van der Waals surface area contributed by atoms with E-state index in [-0.39, 0.29) is 19.6 Å². The second-order valence-electron chi connectivity index (χ2n) is 4.04. The first-order valence-corrected chi connectivity index (χ1v) is 6.35. The van der Waals surface area contributed by atoms with Gasteiger partial charge in [0.1, 0.15) is 0 Å². The first-order chi connectivity index (χ1) is 6.96. The molecule has 2 fully saturated rings. The lowest BCUT2D eigenvalue weighted by atomic mass is 10.0. The molecule has 0 bridgehead atoms. The third kappa shape index (κ3) is 1.99. The van der Waals surface area contributed by atoms with Gasteiger partial charge >= 0.3 is 5.97 Å². The average Bonchev–Trinajstić information content (AvgIpc) is 2.89. The molecule has 1 aliphatic carbocycles. The molecule has 0 spiro atoms. The molecule has 1 atom stereocenters. The Morgan fingerprint density at radius 2 is 2.13 bits per heavy atom. The first-order valence-electron chi connectivity index (χ1n) is 4.80. The summed E-state index contributed by atoms with van der Waals surface area (Å²) >= 11 is 0. The van der Waals surface area contributed by atoms with E-state index in [4.69, 9.17) is 9.84 Å². The third-order valence-electron chi connectivity index (χ3n) is 2.73. The summed E-state index contributed by atoms with van der Waals surface area (Å²) in [6, 6.07) is 0. The van der Waals surface area contributed by atoms with Crippen LogP contribution in [0.2, 0.25) is 0 Å². The van der Waals surface area contributed by atoms with Crippen molar-refractivity contribution in [2.75, 3.05) is 13.2 Å². The molecule has 1 saturated carbocycles. The van der Waals surface area contributed by atoms with Crippen LogP contribution in [0.4, 0.5) is 0 Å². The van der Waals surface area contributed by atoms with Crippen molar-refractivity contribution in [3.05, 3.63) is 0 Å². The van der Waals surface area contributed by atoms with E-state index in [2.05, 4.69) is 4.72 Å². The lowest BCUT2D eigenvalue weighted by Gasteiger charge is -2.23. The zero-order valence-electron chi connectivity index (χ0n) is 8.10. The lowest BCUT2D eigenvalue weighted by molar-refractivity contribution is -0.144. The Morgan fingerprint density at radius 3 is 2.53 bits per heavy atom. The van der Waals surface area contributed by atoms with Gasteiger partial charge in [0, 0.05) is 13.0 Å². The van der Waals surface area contributed by atoms with Gasteiger partial charge in [-0.2, -0.15) is 4.72 Å². The molecular formula is C8H13NO5S. The summed E-state index contributed by atoms with van der Waals surface area (Å²) in [4.78, 5) is 11.0. The fourth-order valence-corrected chi connectivity index (χ4v) is 3.31. The van der Waals surface area contributed by atoms with Gasteiger partial charge in [0.25, 0.3) is 0 Å². The Hall–Kier alpha value is -0.660. The molecule has 0 aromatic heterocycles. The van der Waals surface area contributed by atoms with Crippen molar-refractivity contribution >= 4 is 16.0 Å². The molecule has 86 valence electrons. The largest absolute Gasteiger partial charge is 0.480 e. The number of aliphatic carboxylic acids is 1. The van der Waals surface area contributed by atoms with Crippen LogP contribution in [0.1, 0.15) is 19.3 Å². The Kier molecular flexibility index (Phi) is 2.48. The molecule has 2 aliphatic rings. The van der Waals surface area contributed by atoms with Crippen molar-refractivity contribution in [1.82, 2.24) is 4.72 Å². The highest BCUT2D eigenvalue weighted by molar-refractivity contribution is 7.90. The highest BCUT2D eigenvalue weighted by Gasteiger charge is 2.49. The zero-order valence-corrected chi connectivity index (χ0v) is 8.92. The molecule has 2 rings (SSSR count). The maximum Gasteiger partial charge on any atom is 0.327 e. The van der Waals surface area contributed by atoms with Crippen LogP contribution in [0, 0.1) is 0 Å². The number of carbonyl (C=O) groups is 1. The molecule has 1 heterocycles. The Balaban J connectivity index is 2.16. The molecule has 1 saturated heterocycles. The standard InChI is InChI=1S/C8H13NO5S/c10-7(11)8(3-4-14-5-8)9-15(12,13)6-1-2-6/h6,9H,1-5H2,(H,10,11). The van der Waals surface area contributed by atoms with Crippen molar-refractivity contribution in [2.24, 2.45) is 0 Å². The molecule has 15 heavy (non-hydrogen) atoms. The average molecular weight is 235 g/mol. The van der Waals surface area contributed by atoms with E-state index in [0.717, 1.165) is 0 Å². The van der Waals surface area contributed by atoms with Gasteiger partial charge in [-0.15, -0.1) is 0 Å². The Labute approximate surface area is 87.7 Å². The summed E-state index contributed by atoms with van der Waals surface area (Å²) in [7, 11) is -3.48. The first kappa shape index (κ1) is 10.8. The minimum absolute atomic E-state index is 0.0890. The van der Waals surface area contributed by atoms with Crippen LogP contribution in [0.25, 0.3) is 0 Å². The van der Waals surface area contributed by atoms with Crippen molar-refractivity contribution in [3.63, 3.8) is 0 Å². The SMILES string of the molecule is O=C(O)C1(NS(=O)(=O)C2CC2)CCOC1. The highest BCUT2D eigenvalue weighted by atomic mass is 32.2. The van der Waals surface area contributed by atoms with Crippen LogP contribution in [-0.4, -0.2) is 43.5 Å². The van der Waals surface area contributed by atoms with Crippen molar-refractivity contribution in [1.29, 1.82) is 0 Å². The van der Waals surface area contributed by atoms with E-state index >= 15 is 0 Å². The molecule has 6 nitrogen and oxygen atoms in total. The lowest BCUT2D eigenvalue weighted by Crippen LogP contribution is -2.55. The Morgan fingerprint density at radius 1 is 1.47 bits per heavy atom. The quantitative estimate of drug-likeness (QED) is 0.673. The molecule has 0 radical (unpaired) electrons. The normalized spacial score (nSPS) is 31.7. The van der Waals surface area contributed by atoms with Gasteiger partial charge in [0.15, 0.2) is 5.54 Å². The minimum Gasteiger partial charge on any atom is -0.480 e. The minimum atomic E-state index is -3.48. The number of carboxylic acid groups (broad SMARTS) is 1. The predicted octanol–water partition coefficient (Wildman–Crippen LogP) is -0.688. The summed E-state index contributed by atoms with van der Waals surface area (Å²) < 4.78 is 30.5. The summed E-state index contributed by atoms with van der Waals surface area (Å²) in [5, 5.41) is 8.61. The van der Waals surface area contributed by atoms with Gasteiger partial charge < -0.3 is 9.84 Å². The number of hydrogen-bond donors (Lipinski definition) is 2. The van der Waals surface area contributed by atoms with Crippen LogP contribution in [-0.2, 0) is 19.6 Å². The van der Waals surface area contributed by atoms with E-state index in [1.807, 2.05) is 0 Å². The molecule has 1 aliphatic heterocycles. The molecule has 1 unspecified atom stereocenters. The molecule has 0 aromatic rings. The van der Waals surface area contributed by atoms with Crippen LogP contribution in [0.15, 0.2) is 0 Å². The van der Waals surface area contributed by atoms with Crippen LogP contribution in [0.3, 0.4) is 0 Å². The molecule has 0 amide bonds. The second kappa shape index (κ2) is 3.43. The van der Waals surface area contributed by atoms with E-state index in [1.165, 1.54) is 0 Å². The van der Waals surface area contributed by atoms with E-state index in [9.17, 15) is 13.2 Å². The third-order valence-corrected chi connectivity index (χ3v) is 4.76. The number of carboxylic acids is 1. The van der Waals surface area contributed by atoms with Crippen molar-refractivity contribution < 1.29 is 23.1 Å². The van der Waals surface area contributed by atoms with Gasteiger partial charge in [-0.05, 0) is 12.8 Å². The zero-order chi connectivity index (χ0) is 11.1.